The van der Waals surface area contributed by atoms with Gasteiger partial charge < -0.3 is 10.1 Å². The van der Waals surface area contributed by atoms with Crippen LogP contribution in [0.1, 0.15) is 15.9 Å². The quantitative estimate of drug-likeness (QED) is 0.767. The average Bonchev–Trinajstić information content (AvgIpc) is 2.28. The van der Waals surface area contributed by atoms with E-state index in [0.717, 1.165) is 0 Å². The molecule has 0 fully saturated rings. The lowest BCUT2D eigenvalue weighted by Crippen LogP contribution is -2.24. The van der Waals surface area contributed by atoms with Gasteiger partial charge in [0, 0.05) is 19.7 Å². The van der Waals surface area contributed by atoms with Crippen LogP contribution < -0.4 is 4.89 Å². The summed E-state index contributed by atoms with van der Waals surface area (Å²) in [7, 11) is -0.836. The number of hydrogen-bond acceptors (Lipinski definition) is 4. The molecule has 6 nitrogen and oxygen atoms in total. The maximum Gasteiger partial charge on any atom is 0.262 e. The Bertz CT molecular complexity index is 537. The Labute approximate surface area is 99.9 Å². The van der Waals surface area contributed by atoms with Gasteiger partial charge in [0.05, 0.1) is 4.90 Å². The molecule has 0 saturated heterocycles. The van der Waals surface area contributed by atoms with E-state index >= 15 is 0 Å². The fraction of sp³-hybridized carbons (Fsp3) is 0.300. The molecule has 0 radical (unpaired) electrons. The molecule has 0 aliphatic heterocycles. The first-order valence-corrected chi connectivity index (χ1v) is 6.26. The molecule has 1 aromatic carbocycles. The van der Waals surface area contributed by atoms with Crippen LogP contribution in [0.5, 0.6) is 0 Å². The van der Waals surface area contributed by atoms with Crippen LogP contribution in [0.3, 0.4) is 0 Å². The van der Waals surface area contributed by atoms with Crippen LogP contribution in [0.2, 0.25) is 0 Å². The van der Waals surface area contributed by atoms with Crippen LogP contribution in [0.15, 0.2) is 23.1 Å². The molecule has 1 aromatic rings. The van der Waals surface area contributed by atoms with Crippen LogP contribution in [0, 0.1) is 6.92 Å². The van der Waals surface area contributed by atoms with Crippen molar-refractivity contribution in [3.8, 4) is 0 Å². The Kier molecular flexibility index (Phi) is 3.87. The van der Waals surface area contributed by atoms with Gasteiger partial charge in [0.25, 0.3) is 15.9 Å². The van der Waals surface area contributed by atoms with Crippen molar-refractivity contribution in [3.05, 3.63) is 29.3 Å². The van der Waals surface area contributed by atoms with Crippen LogP contribution in [0.4, 0.5) is 0 Å². The summed E-state index contributed by atoms with van der Waals surface area (Å²) in [5, 5.41) is 8.58. The Morgan fingerprint density at radius 3 is 2.41 bits per heavy atom. The molecule has 0 saturated carbocycles. The summed E-state index contributed by atoms with van der Waals surface area (Å²) in [5.74, 6) is -0.306. The average molecular weight is 258 g/mol. The second-order valence-electron chi connectivity index (χ2n) is 3.77. The van der Waals surface area contributed by atoms with E-state index < -0.39 is 10.0 Å². The van der Waals surface area contributed by atoms with Gasteiger partial charge >= 0.3 is 0 Å². The molecule has 0 unspecified atom stereocenters. The number of rotatable bonds is 3. The Morgan fingerprint density at radius 1 is 1.35 bits per heavy atom. The van der Waals surface area contributed by atoms with Crippen molar-refractivity contribution >= 4 is 15.9 Å². The molecule has 7 heteroatoms. The van der Waals surface area contributed by atoms with Crippen molar-refractivity contribution in [3.63, 3.8) is 0 Å². The molecule has 17 heavy (non-hydrogen) atoms. The predicted molar refractivity (Wildman–Crippen MR) is 61.3 cm³/mol. The predicted octanol–water partition coefficient (Wildman–Crippen LogP) is 0.364. The summed E-state index contributed by atoms with van der Waals surface area (Å²) >= 11 is 0. The molecule has 0 bridgehead atoms. The molecular weight excluding hydrogens is 244 g/mol. The molecule has 2 N–H and O–H groups in total. The van der Waals surface area contributed by atoms with E-state index in [4.69, 9.17) is 5.21 Å². The molecule has 0 spiro atoms. The summed E-state index contributed by atoms with van der Waals surface area (Å²) in [6.45, 7) is 1.58. The third-order valence-electron chi connectivity index (χ3n) is 2.25. The molecule has 94 valence electrons. The first-order valence-electron chi connectivity index (χ1n) is 4.78. The first-order chi connectivity index (χ1) is 7.79. The lowest BCUT2D eigenvalue weighted by atomic mass is 10.1. The number of nitrogens with zero attached hydrogens (tertiary/aromatic N) is 1. The number of nitrogens with one attached hydrogen (secondary N) is 1. The number of hydrogen-bond donors (Lipinski definition) is 2. The summed E-state index contributed by atoms with van der Waals surface area (Å²) in [4.78, 5) is 14.1. The zero-order valence-electron chi connectivity index (χ0n) is 9.76. The lowest BCUT2D eigenvalue weighted by molar-refractivity contribution is 0.0827. The van der Waals surface area contributed by atoms with E-state index in [9.17, 15) is 13.2 Å². The van der Waals surface area contributed by atoms with Crippen molar-refractivity contribution in [1.29, 1.82) is 0 Å². The number of benzene rings is 1. The second kappa shape index (κ2) is 4.82. The van der Waals surface area contributed by atoms with Crippen LogP contribution in [-0.4, -0.2) is 38.5 Å². The maximum atomic E-state index is 11.7. The van der Waals surface area contributed by atoms with Gasteiger partial charge in [-0.05, 0) is 24.6 Å². The second-order valence-corrected chi connectivity index (χ2v) is 5.40. The molecule has 0 aliphatic carbocycles. The molecule has 0 aromatic heterocycles. The number of sulfonamides is 1. The smallest absolute Gasteiger partial charge is 0.262 e. The highest BCUT2D eigenvalue weighted by Crippen LogP contribution is 2.17. The third-order valence-corrected chi connectivity index (χ3v) is 3.51. The van der Waals surface area contributed by atoms with Crippen molar-refractivity contribution in [2.45, 2.75) is 11.8 Å². The van der Waals surface area contributed by atoms with Crippen LogP contribution in [0.25, 0.3) is 0 Å². The first kappa shape index (κ1) is 13.6. The Hall–Kier alpha value is -1.44. The highest BCUT2D eigenvalue weighted by atomic mass is 32.2. The number of amides is 1. The molecule has 0 aliphatic rings. The molecular formula is C10H14N2O4S. The molecule has 1 amide bonds. The van der Waals surface area contributed by atoms with Crippen LogP contribution >= 0.6 is 0 Å². The van der Waals surface area contributed by atoms with E-state index in [1.165, 1.54) is 28.0 Å². The zero-order valence-corrected chi connectivity index (χ0v) is 10.6. The van der Waals surface area contributed by atoms with Gasteiger partial charge in [-0.2, -0.15) is 0 Å². The van der Waals surface area contributed by atoms with Gasteiger partial charge in [-0.1, -0.05) is 11.0 Å². The van der Waals surface area contributed by atoms with E-state index in [1.54, 1.807) is 21.0 Å². The van der Waals surface area contributed by atoms with Crippen molar-refractivity contribution < 1.29 is 18.4 Å². The fourth-order valence-corrected chi connectivity index (χ4v) is 2.20. The van der Waals surface area contributed by atoms with Gasteiger partial charge in [0.1, 0.15) is 0 Å². The third kappa shape index (κ3) is 2.82. The van der Waals surface area contributed by atoms with E-state index in [1.807, 2.05) is 0 Å². The Morgan fingerprint density at radius 2 is 1.94 bits per heavy atom. The topological polar surface area (TPSA) is 86.7 Å². The minimum atomic E-state index is -3.98. The summed E-state index contributed by atoms with van der Waals surface area (Å²) < 4.78 is 23.0. The maximum absolute atomic E-state index is 11.7. The van der Waals surface area contributed by atoms with E-state index in [-0.39, 0.29) is 16.4 Å². The molecule has 0 heterocycles. The van der Waals surface area contributed by atoms with Crippen LogP contribution in [-0.2, 0) is 10.0 Å². The molecule has 1 rings (SSSR count). The van der Waals surface area contributed by atoms with Gasteiger partial charge in [0.15, 0.2) is 0 Å². The summed E-state index contributed by atoms with van der Waals surface area (Å²) in [6, 6.07) is 4.28. The summed E-state index contributed by atoms with van der Waals surface area (Å²) in [5.41, 5.74) is 0.691. The standard InChI is InChI=1S/C10H14N2O4S/c1-7-4-5-8(10(13)12(2)3)6-9(7)17(15,16)11-14/h4-6,11,14H,1-3H3. The number of carbonyl (C=O) groups excluding carboxylic acids is 1. The van der Waals surface area contributed by atoms with Gasteiger partial charge in [-0.15, -0.1) is 0 Å². The van der Waals surface area contributed by atoms with Gasteiger partial charge in [0.2, 0.25) is 0 Å². The van der Waals surface area contributed by atoms with Gasteiger partial charge in [-0.25, -0.2) is 8.42 Å². The SMILES string of the molecule is Cc1ccc(C(=O)N(C)C)cc1S(=O)(=O)NO. The summed E-state index contributed by atoms with van der Waals surface area (Å²) in [6.07, 6.45) is 0. The van der Waals surface area contributed by atoms with Crippen molar-refractivity contribution in [2.24, 2.45) is 0 Å². The minimum absolute atomic E-state index is 0.118. The van der Waals surface area contributed by atoms with E-state index in [2.05, 4.69) is 0 Å². The largest absolute Gasteiger partial charge is 0.345 e. The lowest BCUT2D eigenvalue weighted by Gasteiger charge is -2.12. The van der Waals surface area contributed by atoms with Gasteiger partial charge in [-0.3, -0.25) is 4.79 Å². The normalized spacial score (nSPS) is 11.3. The van der Waals surface area contributed by atoms with Crippen molar-refractivity contribution in [2.75, 3.05) is 14.1 Å². The molecule has 0 atom stereocenters. The van der Waals surface area contributed by atoms with E-state index in [0.29, 0.717) is 5.56 Å². The number of carbonyl (C=O) groups is 1. The van der Waals surface area contributed by atoms with Crippen molar-refractivity contribution in [1.82, 2.24) is 9.79 Å². The number of aryl methyl sites for hydroxylation is 1. The Balaban J connectivity index is 3.35. The highest BCUT2D eigenvalue weighted by Gasteiger charge is 2.18. The highest BCUT2D eigenvalue weighted by molar-refractivity contribution is 7.89. The zero-order chi connectivity index (χ0) is 13.2. The monoisotopic (exact) mass is 258 g/mol. The fourth-order valence-electron chi connectivity index (χ4n) is 1.33. The minimum Gasteiger partial charge on any atom is -0.345 e.